The number of carbonyl (C=O) groups excluding carboxylic acids is 1. The van der Waals surface area contributed by atoms with Gasteiger partial charge in [0.2, 0.25) is 0 Å². The highest BCUT2D eigenvalue weighted by Gasteiger charge is 2.43. The lowest BCUT2D eigenvalue weighted by Crippen LogP contribution is -2.46. The molecule has 1 amide bonds. The van der Waals surface area contributed by atoms with Crippen LogP contribution in [0.4, 0.5) is 8.78 Å². The number of aryl methyl sites for hydroxylation is 1. The molecule has 24 heavy (non-hydrogen) atoms. The van der Waals surface area contributed by atoms with E-state index in [2.05, 4.69) is 10.4 Å². The van der Waals surface area contributed by atoms with E-state index in [0.717, 1.165) is 6.42 Å². The number of nitrogens with zero attached hydrogens (tertiary/aromatic N) is 2. The Morgan fingerprint density at radius 1 is 1.33 bits per heavy atom. The standard InChI is InChI=1S/C16H15Cl2F2N3O/c1-23-14(18)12(17)13(22-23)15(24)21-8-16(6-3-7-16)11-9(19)4-2-5-10(11)20/h2,4-5H,3,6-8H2,1H3,(H,21,24). The monoisotopic (exact) mass is 373 g/mol. The third-order valence-electron chi connectivity index (χ3n) is 4.53. The quantitative estimate of drug-likeness (QED) is 0.884. The van der Waals surface area contributed by atoms with Crippen LogP contribution in [0, 0.1) is 11.6 Å². The average Bonchev–Trinajstić information content (AvgIpc) is 2.76. The van der Waals surface area contributed by atoms with Crippen LogP contribution in [0.25, 0.3) is 0 Å². The molecule has 1 heterocycles. The van der Waals surface area contributed by atoms with Crippen molar-refractivity contribution in [1.29, 1.82) is 0 Å². The van der Waals surface area contributed by atoms with Crippen molar-refractivity contribution in [3.05, 3.63) is 51.3 Å². The minimum absolute atomic E-state index is 0.00681. The van der Waals surface area contributed by atoms with Gasteiger partial charge in [0.05, 0.1) is 0 Å². The van der Waals surface area contributed by atoms with Crippen LogP contribution in [0.2, 0.25) is 10.2 Å². The second-order valence-corrected chi connectivity index (χ2v) is 6.73. The zero-order valence-corrected chi connectivity index (χ0v) is 14.4. The summed E-state index contributed by atoms with van der Waals surface area (Å²) in [5.41, 5.74) is -0.717. The minimum atomic E-state index is -0.740. The van der Waals surface area contributed by atoms with Crippen LogP contribution in [0.5, 0.6) is 0 Å². The molecule has 0 spiro atoms. The second-order valence-electron chi connectivity index (χ2n) is 5.99. The van der Waals surface area contributed by atoms with Crippen LogP contribution < -0.4 is 5.32 Å². The van der Waals surface area contributed by atoms with Crippen molar-refractivity contribution in [3.8, 4) is 0 Å². The molecule has 0 unspecified atom stereocenters. The van der Waals surface area contributed by atoms with Gasteiger partial charge in [0.15, 0.2) is 5.69 Å². The lowest BCUT2D eigenvalue weighted by atomic mass is 9.64. The molecule has 1 aliphatic carbocycles. The Labute approximate surface area is 147 Å². The van der Waals surface area contributed by atoms with E-state index in [1.165, 1.54) is 22.9 Å². The molecule has 1 aromatic carbocycles. The summed E-state index contributed by atoms with van der Waals surface area (Å²) in [4.78, 5) is 12.3. The summed E-state index contributed by atoms with van der Waals surface area (Å²) >= 11 is 11.9. The molecule has 0 atom stereocenters. The van der Waals surface area contributed by atoms with Crippen LogP contribution in [-0.4, -0.2) is 22.2 Å². The molecular formula is C16H15Cl2F2N3O. The first-order valence-corrected chi connectivity index (χ1v) is 8.22. The van der Waals surface area contributed by atoms with Gasteiger partial charge in [-0.2, -0.15) is 5.10 Å². The zero-order valence-electron chi connectivity index (χ0n) is 12.9. The number of hydrogen-bond donors (Lipinski definition) is 1. The number of rotatable bonds is 4. The predicted octanol–water partition coefficient (Wildman–Crippen LogP) is 3.86. The molecule has 4 nitrogen and oxygen atoms in total. The first-order valence-electron chi connectivity index (χ1n) is 7.46. The summed E-state index contributed by atoms with van der Waals surface area (Å²) in [6.45, 7) is 0.105. The smallest absolute Gasteiger partial charge is 0.273 e. The molecule has 8 heteroatoms. The molecule has 0 aliphatic heterocycles. The van der Waals surface area contributed by atoms with E-state index in [4.69, 9.17) is 23.2 Å². The van der Waals surface area contributed by atoms with Gasteiger partial charge >= 0.3 is 0 Å². The first-order chi connectivity index (χ1) is 11.4. The predicted molar refractivity (Wildman–Crippen MR) is 87.4 cm³/mol. The van der Waals surface area contributed by atoms with Gasteiger partial charge in [0.1, 0.15) is 21.8 Å². The Balaban J connectivity index is 1.82. The molecular weight excluding hydrogens is 359 g/mol. The van der Waals surface area contributed by atoms with Gasteiger partial charge < -0.3 is 5.32 Å². The maximum Gasteiger partial charge on any atom is 0.273 e. The van der Waals surface area contributed by atoms with Crippen molar-refractivity contribution in [1.82, 2.24) is 15.1 Å². The fourth-order valence-electron chi connectivity index (χ4n) is 3.08. The zero-order chi connectivity index (χ0) is 17.5. The van der Waals surface area contributed by atoms with Gasteiger partial charge in [-0.25, -0.2) is 8.78 Å². The lowest BCUT2D eigenvalue weighted by molar-refractivity contribution is 0.0919. The molecule has 1 saturated carbocycles. The number of aromatic nitrogens is 2. The van der Waals surface area contributed by atoms with Crippen molar-refractivity contribution in [2.24, 2.45) is 7.05 Å². The Morgan fingerprint density at radius 2 is 1.96 bits per heavy atom. The normalized spacial score (nSPS) is 15.9. The number of hydrogen-bond acceptors (Lipinski definition) is 2. The van der Waals surface area contributed by atoms with E-state index in [9.17, 15) is 13.6 Å². The molecule has 128 valence electrons. The van der Waals surface area contributed by atoms with E-state index in [1.54, 1.807) is 7.05 Å². The molecule has 0 radical (unpaired) electrons. The number of nitrogens with one attached hydrogen (secondary N) is 1. The van der Waals surface area contributed by atoms with E-state index >= 15 is 0 Å². The molecule has 1 N–H and O–H groups in total. The Hall–Kier alpha value is -1.66. The van der Waals surface area contributed by atoms with Gasteiger partial charge in [0.25, 0.3) is 5.91 Å². The topological polar surface area (TPSA) is 46.9 Å². The second kappa shape index (κ2) is 6.33. The van der Waals surface area contributed by atoms with Crippen molar-refractivity contribution in [2.75, 3.05) is 6.54 Å². The number of halogens is 4. The maximum atomic E-state index is 14.1. The number of amides is 1. The lowest BCUT2D eigenvalue weighted by Gasteiger charge is -2.42. The van der Waals surface area contributed by atoms with Gasteiger partial charge in [0, 0.05) is 24.6 Å². The van der Waals surface area contributed by atoms with Gasteiger partial charge in [-0.3, -0.25) is 9.48 Å². The fourth-order valence-corrected chi connectivity index (χ4v) is 3.45. The molecule has 1 fully saturated rings. The van der Waals surface area contributed by atoms with Crippen molar-refractivity contribution >= 4 is 29.1 Å². The maximum absolute atomic E-state index is 14.1. The van der Waals surface area contributed by atoms with Crippen LogP contribution in [0.1, 0.15) is 35.3 Å². The Bertz CT molecular complexity index is 783. The van der Waals surface area contributed by atoms with Gasteiger partial charge in [-0.05, 0) is 25.0 Å². The third kappa shape index (κ3) is 2.78. The van der Waals surface area contributed by atoms with Gasteiger partial charge in [-0.1, -0.05) is 35.7 Å². The summed E-state index contributed by atoms with van der Waals surface area (Å²) in [6.07, 6.45) is 2.05. The average molecular weight is 374 g/mol. The van der Waals surface area contributed by atoms with Crippen molar-refractivity contribution in [3.63, 3.8) is 0 Å². The summed E-state index contributed by atoms with van der Waals surface area (Å²) in [5, 5.41) is 6.84. The van der Waals surface area contributed by atoms with Gasteiger partial charge in [-0.15, -0.1) is 0 Å². The van der Waals surface area contributed by atoms with Crippen molar-refractivity contribution < 1.29 is 13.6 Å². The van der Waals surface area contributed by atoms with Crippen LogP contribution in [0.15, 0.2) is 18.2 Å². The Morgan fingerprint density at radius 3 is 2.42 bits per heavy atom. The summed E-state index contributed by atoms with van der Waals surface area (Å²) in [5.74, 6) is -1.71. The highest BCUT2D eigenvalue weighted by Crippen LogP contribution is 2.45. The van der Waals surface area contributed by atoms with E-state index in [-0.39, 0.29) is 28.0 Å². The summed E-state index contributed by atoms with van der Waals surface area (Å²) < 4.78 is 29.5. The van der Waals surface area contributed by atoms with E-state index in [1.807, 2.05) is 0 Å². The number of benzene rings is 1. The number of carbonyl (C=O) groups is 1. The van der Waals surface area contributed by atoms with Crippen LogP contribution in [0.3, 0.4) is 0 Å². The molecule has 2 aromatic rings. The SMILES string of the molecule is Cn1nc(C(=O)NCC2(c3c(F)cccc3F)CCC2)c(Cl)c1Cl. The summed E-state index contributed by atoms with van der Waals surface area (Å²) in [6, 6.07) is 3.79. The van der Waals surface area contributed by atoms with Crippen LogP contribution in [-0.2, 0) is 12.5 Å². The minimum Gasteiger partial charge on any atom is -0.350 e. The highest BCUT2D eigenvalue weighted by molar-refractivity contribution is 6.43. The molecule has 0 bridgehead atoms. The largest absolute Gasteiger partial charge is 0.350 e. The molecule has 1 aromatic heterocycles. The molecule has 3 rings (SSSR count). The van der Waals surface area contributed by atoms with E-state index < -0.39 is 23.0 Å². The first kappa shape index (κ1) is 17.2. The Kier molecular flexibility index (Phi) is 4.53. The van der Waals surface area contributed by atoms with E-state index in [0.29, 0.717) is 12.8 Å². The van der Waals surface area contributed by atoms with Crippen LogP contribution >= 0.6 is 23.2 Å². The summed E-state index contributed by atoms with van der Waals surface area (Å²) in [7, 11) is 1.56. The third-order valence-corrected chi connectivity index (χ3v) is 5.42. The molecule has 1 aliphatic rings. The fraction of sp³-hybridized carbons (Fsp3) is 0.375. The highest BCUT2D eigenvalue weighted by atomic mass is 35.5. The van der Waals surface area contributed by atoms with Crippen molar-refractivity contribution in [2.45, 2.75) is 24.7 Å². The molecule has 0 saturated heterocycles.